The van der Waals surface area contributed by atoms with E-state index >= 15 is 0 Å². The molecule has 3 aromatic heterocycles. The predicted molar refractivity (Wildman–Crippen MR) is 153 cm³/mol. The van der Waals surface area contributed by atoms with E-state index < -0.39 is 5.97 Å². The van der Waals surface area contributed by atoms with Gasteiger partial charge in [-0.3, -0.25) is 4.98 Å². The molecule has 1 atom stereocenters. The van der Waals surface area contributed by atoms with Crippen LogP contribution in [0.5, 0.6) is 0 Å². The van der Waals surface area contributed by atoms with Crippen LogP contribution in [0.25, 0.3) is 16.4 Å². The van der Waals surface area contributed by atoms with Crippen molar-refractivity contribution in [1.29, 1.82) is 0 Å². The number of hydrogen-bond acceptors (Lipinski definition) is 7. The number of hydrogen-bond donors (Lipinski definition) is 0. The van der Waals surface area contributed by atoms with Crippen molar-refractivity contribution in [3.63, 3.8) is 0 Å². The largest absolute Gasteiger partial charge is 0.464 e. The first kappa shape index (κ1) is 27.6. The summed E-state index contributed by atoms with van der Waals surface area (Å²) < 4.78 is 7.83. The lowest BCUT2D eigenvalue weighted by Crippen LogP contribution is -2.13. The van der Waals surface area contributed by atoms with Crippen LogP contribution in [0.1, 0.15) is 59.0 Å². The molecule has 0 N–H and O–H groups in total. The van der Waals surface area contributed by atoms with Crippen molar-refractivity contribution < 1.29 is 9.53 Å². The maximum atomic E-state index is 13.1. The van der Waals surface area contributed by atoms with Crippen molar-refractivity contribution >= 4 is 52.3 Å². The molecule has 0 spiro atoms. The molecule has 37 heavy (non-hydrogen) atoms. The number of esters is 1. The molecule has 1 aromatic carbocycles. The summed E-state index contributed by atoms with van der Waals surface area (Å²) in [7, 11) is 1.38. The SMILES string of the molecule is CCC(C)Sc1sc(-n2nc(C)c(Cc3ccc(C)nc3C)c2C(=O)OC)nc1-c1ccc(Cl)c(Cl)c1. The van der Waals surface area contributed by atoms with E-state index in [9.17, 15) is 4.79 Å². The molecular weight excluding hydrogens is 547 g/mol. The van der Waals surface area contributed by atoms with E-state index in [1.165, 1.54) is 18.4 Å². The summed E-state index contributed by atoms with van der Waals surface area (Å²) in [6, 6.07) is 9.51. The van der Waals surface area contributed by atoms with Crippen LogP contribution in [0.15, 0.2) is 34.5 Å². The van der Waals surface area contributed by atoms with E-state index in [2.05, 4.69) is 18.8 Å². The Bertz CT molecular complexity index is 1470. The second-order valence-corrected chi connectivity index (χ2v) is 12.3. The number of rotatable bonds is 8. The Balaban J connectivity index is 1.87. The van der Waals surface area contributed by atoms with Crippen LogP contribution >= 0.6 is 46.3 Å². The molecule has 6 nitrogen and oxygen atoms in total. The molecular formula is C27H28Cl2N4O2S2. The van der Waals surface area contributed by atoms with Gasteiger partial charge < -0.3 is 4.74 Å². The van der Waals surface area contributed by atoms with Gasteiger partial charge in [-0.2, -0.15) is 9.78 Å². The maximum absolute atomic E-state index is 13.1. The maximum Gasteiger partial charge on any atom is 0.357 e. The summed E-state index contributed by atoms with van der Waals surface area (Å²) in [5, 5.41) is 6.66. The summed E-state index contributed by atoms with van der Waals surface area (Å²) in [6.07, 6.45) is 1.51. The molecule has 1 unspecified atom stereocenters. The van der Waals surface area contributed by atoms with Crippen LogP contribution in [0.3, 0.4) is 0 Å². The molecule has 0 aliphatic rings. The van der Waals surface area contributed by atoms with Gasteiger partial charge >= 0.3 is 5.97 Å². The van der Waals surface area contributed by atoms with E-state index in [-0.39, 0.29) is 0 Å². The lowest BCUT2D eigenvalue weighted by atomic mass is 10.0. The van der Waals surface area contributed by atoms with E-state index in [0.29, 0.717) is 32.5 Å². The third-order valence-corrected chi connectivity index (χ3v) is 9.35. The lowest BCUT2D eigenvalue weighted by molar-refractivity contribution is 0.0589. The average molecular weight is 576 g/mol. The van der Waals surface area contributed by atoms with E-state index in [4.69, 9.17) is 38.0 Å². The molecule has 4 aromatic rings. The standard InChI is InChI=1S/C27H28Cl2N4O2S2/c1-7-15(3)36-26-23(19-10-11-21(28)22(29)13-19)31-27(37-26)33-24(25(34)35-6)20(17(5)32-33)12-18-9-8-14(2)30-16(18)4/h8-11,13,15H,7,12H2,1-6H3. The van der Waals surface area contributed by atoms with E-state index in [1.54, 1.807) is 22.5 Å². The van der Waals surface area contributed by atoms with Gasteiger partial charge in [-0.1, -0.05) is 60.5 Å². The van der Waals surface area contributed by atoms with Gasteiger partial charge in [0.1, 0.15) is 0 Å². The second-order valence-electron chi connectivity index (χ2n) is 8.79. The summed E-state index contributed by atoms with van der Waals surface area (Å²) in [6.45, 7) is 10.2. The number of aryl methyl sites for hydroxylation is 3. The molecule has 0 fully saturated rings. The molecule has 10 heteroatoms. The van der Waals surface area contributed by atoms with Crippen molar-refractivity contribution in [3.05, 3.63) is 74.3 Å². The van der Waals surface area contributed by atoms with Crippen LogP contribution in [0, 0.1) is 20.8 Å². The third kappa shape index (κ3) is 5.87. The second kappa shape index (κ2) is 11.6. The zero-order chi connectivity index (χ0) is 26.9. The number of halogens is 2. The molecule has 4 rings (SSSR count). The highest BCUT2D eigenvalue weighted by Gasteiger charge is 2.27. The van der Waals surface area contributed by atoms with Gasteiger partial charge in [0.05, 0.1) is 32.8 Å². The Morgan fingerprint density at radius 3 is 2.51 bits per heavy atom. The van der Waals surface area contributed by atoms with Crippen molar-refractivity contribution in [3.8, 4) is 16.4 Å². The molecule has 0 saturated heterocycles. The predicted octanol–water partition coefficient (Wildman–Crippen LogP) is 7.89. The van der Waals surface area contributed by atoms with Gasteiger partial charge in [0.2, 0.25) is 5.13 Å². The van der Waals surface area contributed by atoms with Crippen LogP contribution < -0.4 is 0 Å². The topological polar surface area (TPSA) is 69.9 Å². The fourth-order valence-electron chi connectivity index (χ4n) is 3.87. The minimum atomic E-state index is -0.462. The Kier molecular flexibility index (Phi) is 8.63. The summed E-state index contributed by atoms with van der Waals surface area (Å²) >= 11 is 15.7. The Hall–Kier alpha value is -2.39. The van der Waals surface area contributed by atoms with Gasteiger partial charge in [-0.05, 0) is 51.0 Å². The number of aromatic nitrogens is 4. The number of methoxy groups -OCH3 is 1. The number of thiazole rings is 1. The molecule has 3 heterocycles. The quantitative estimate of drug-likeness (QED) is 0.157. The van der Waals surface area contributed by atoms with Crippen LogP contribution in [-0.4, -0.2) is 38.1 Å². The number of thioether (sulfide) groups is 1. The third-order valence-electron chi connectivity index (χ3n) is 6.11. The Morgan fingerprint density at radius 1 is 1.11 bits per heavy atom. The van der Waals surface area contributed by atoms with Crippen molar-refractivity contribution in [2.24, 2.45) is 0 Å². The highest BCUT2D eigenvalue weighted by atomic mass is 35.5. The van der Waals surface area contributed by atoms with Gasteiger partial charge in [0.15, 0.2) is 5.69 Å². The average Bonchev–Trinajstić information content (AvgIpc) is 3.42. The number of ether oxygens (including phenoxy) is 1. The van der Waals surface area contributed by atoms with E-state index in [0.717, 1.165) is 50.1 Å². The first-order chi connectivity index (χ1) is 17.6. The summed E-state index contributed by atoms with van der Waals surface area (Å²) in [5.74, 6) is -0.462. The minimum Gasteiger partial charge on any atom is -0.464 e. The van der Waals surface area contributed by atoms with Crippen LogP contribution in [0.2, 0.25) is 10.0 Å². The molecule has 0 saturated carbocycles. The van der Waals surface area contributed by atoms with Crippen molar-refractivity contribution in [1.82, 2.24) is 19.7 Å². The van der Waals surface area contributed by atoms with Gasteiger partial charge in [0, 0.05) is 34.2 Å². The Morgan fingerprint density at radius 2 is 1.86 bits per heavy atom. The molecule has 0 bridgehead atoms. The first-order valence-electron chi connectivity index (χ1n) is 11.9. The summed E-state index contributed by atoms with van der Waals surface area (Å²) in [5.41, 5.74) is 6.44. The smallest absolute Gasteiger partial charge is 0.357 e. The molecule has 0 amide bonds. The van der Waals surface area contributed by atoms with Gasteiger partial charge in [-0.25, -0.2) is 9.78 Å². The fourth-order valence-corrected chi connectivity index (χ4v) is 6.66. The van der Waals surface area contributed by atoms with Crippen LogP contribution in [0.4, 0.5) is 0 Å². The number of carbonyl (C=O) groups is 1. The molecule has 0 aliphatic carbocycles. The monoisotopic (exact) mass is 574 g/mol. The highest BCUT2D eigenvalue weighted by molar-refractivity contribution is 8.01. The normalized spacial score (nSPS) is 12.1. The minimum absolute atomic E-state index is 0.370. The first-order valence-corrected chi connectivity index (χ1v) is 14.3. The number of carbonyl (C=O) groups excluding carboxylic acids is 1. The van der Waals surface area contributed by atoms with Gasteiger partial charge in [-0.15, -0.1) is 11.8 Å². The lowest BCUT2D eigenvalue weighted by Gasteiger charge is -2.08. The molecule has 194 valence electrons. The molecule has 0 radical (unpaired) electrons. The van der Waals surface area contributed by atoms with Crippen molar-refractivity contribution in [2.75, 3.05) is 7.11 Å². The zero-order valence-electron chi connectivity index (χ0n) is 21.6. The number of pyridine rings is 1. The van der Waals surface area contributed by atoms with Gasteiger partial charge in [0.25, 0.3) is 0 Å². The van der Waals surface area contributed by atoms with E-state index in [1.807, 2.05) is 45.0 Å². The number of benzene rings is 1. The summed E-state index contributed by atoms with van der Waals surface area (Å²) in [4.78, 5) is 22.6. The van der Waals surface area contributed by atoms with Crippen LogP contribution in [-0.2, 0) is 11.2 Å². The number of nitrogens with zero attached hydrogens (tertiary/aromatic N) is 4. The highest BCUT2D eigenvalue weighted by Crippen LogP contribution is 2.42. The zero-order valence-corrected chi connectivity index (χ0v) is 24.7. The Labute approximate surface area is 235 Å². The fraction of sp³-hybridized carbons (Fsp3) is 0.333. The van der Waals surface area contributed by atoms with Crippen molar-refractivity contribution in [2.45, 2.75) is 56.9 Å². The molecule has 0 aliphatic heterocycles.